The number of sulfonamides is 1. The summed E-state index contributed by atoms with van der Waals surface area (Å²) in [7, 11) is -3.77. The van der Waals surface area contributed by atoms with Crippen LogP contribution in [0.15, 0.2) is 47.4 Å². The Balaban J connectivity index is 2.04. The predicted octanol–water partition coefficient (Wildman–Crippen LogP) is 2.01. The summed E-state index contributed by atoms with van der Waals surface area (Å²) in [5.74, 6) is 1.01. The molecule has 0 aliphatic heterocycles. The van der Waals surface area contributed by atoms with Crippen molar-refractivity contribution in [3.63, 3.8) is 0 Å². The SMILES string of the molecule is C#CCNC(=O)COC(=O)c1ccc(NS(=O)(=O)c2cc(C)ccc2C)cc1. The highest BCUT2D eigenvalue weighted by molar-refractivity contribution is 7.92. The fourth-order valence-electron chi connectivity index (χ4n) is 2.30. The van der Waals surface area contributed by atoms with E-state index in [1.165, 1.54) is 24.3 Å². The quantitative estimate of drug-likeness (QED) is 0.547. The summed E-state index contributed by atoms with van der Waals surface area (Å²) < 4.78 is 32.5. The van der Waals surface area contributed by atoms with Crippen LogP contribution in [0.5, 0.6) is 0 Å². The molecule has 0 saturated heterocycles. The number of anilines is 1. The third-order valence-corrected chi connectivity index (χ3v) is 5.25. The van der Waals surface area contributed by atoms with E-state index in [4.69, 9.17) is 11.2 Å². The Morgan fingerprint density at radius 2 is 1.79 bits per heavy atom. The van der Waals surface area contributed by atoms with Gasteiger partial charge in [-0.25, -0.2) is 13.2 Å². The zero-order chi connectivity index (χ0) is 20.7. The maximum atomic E-state index is 12.6. The van der Waals surface area contributed by atoms with Crippen molar-refractivity contribution in [3.8, 4) is 12.3 Å². The second kappa shape index (κ2) is 9.06. The molecule has 2 rings (SSSR count). The zero-order valence-corrected chi connectivity index (χ0v) is 16.3. The number of hydrogen-bond acceptors (Lipinski definition) is 5. The molecule has 0 heterocycles. The number of terminal acetylenes is 1. The monoisotopic (exact) mass is 400 g/mol. The average molecular weight is 400 g/mol. The van der Waals surface area contributed by atoms with E-state index in [2.05, 4.69) is 16.0 Å². The Bertz CT molecular complexity index is 1020. The van der Waals surface area contributed by atoms with E-state index in [1.807, 2.05) is 13.0 Å². The van der Waals surface area contributed by atoms with Gasteiger partial charge >= 0.3 is 5.97 Å². The Hall–Kier alpha value is -3.31. The van der Waals surface area contributed by atoms with E-state index in [1.54, 1.807) is 19.1 Å². The number of hydrogen-bond donors (Lipinski definition) is 2. The summed E-state index contributed by atoms with van der Waals surface area (Å²) in [5, 5.41) is 2.37. The number of carbonyl (C=O) groups is 2. The molecule has 8 heteroatoms. The predicted molar refractivity (Wildman–Crippen MR) is 105 cm³/mol. The molecule has 0 aliphatic rings. The van der Waals surface area contributed by atoms with Crippen LogP contribution in [0.25, 0.3) is 0 Å². The molecule has 0 aromatic heterocycles. The van der Waals surface area contributed by atoms with Crippen molar-refractivity contribution in [2.45, 2.75) is 18.7 Å². The summed E-state index contributed by atoms with van der Waals surface area (Å²) in [5.41, 5.74) is 1.93. The van der Waals surface area contributed by atoms with Crippen molar-refractivity contribution < 1.29 is 22.7 Å². The number of carbonyl (C=O) groups excluding carboxylic acids is 2. The normalized spacial score (nSPS) is 10.6. The van der Waals surface area contributed by atoms with Crippen LogP contribution in [0.4, 0.5) is 5.69 Å². The van der Waals surface area contributed by atoms with Gasteiger partial charge in [0.2, 0.25) is 0 Å². The molecule has 1 amide bonds. The van der Waals surface area contributed by atoms with Crippen molar-refractivity contribution in [1.82, 2.24) is 5.32 Å². The summed E-state index contributed by atoms with van der Waals surface area (Å²) >= 11 is 0. The van der Waals surface area contributed by atoms with E-state index in [9.17, 15) is 18.0 Å². The van der Waals surface area contributed by atoms with Gasteiger partial charge < -0.3 is 10.1 Å². The van der Waals surface area contributed by atoms with Crippen LogP contribution in [-0.4, -0.2) is 33.4 Å². The van der Waals surface area contributed by atoms with Crippen molar-refractivity contribution in [2.75, 3.05) is 17.9 Å². The minimum atomic E-state index is -3.77. The van der Waals surface area contributed by atoms with Gasteiger partial charge in [0.05, 0.1) is 17.0 Å². The molecule has 0 bridgehead atoms. The lowest BCUT2D eigenvalue weighted by molar-refractivity contribution is -0.123. The van der Waals surface area contributed by atoms with Crippen LogP contribution in [0.1, 0.15) is 21.5 Å². The average Bonchev–Trinajstić information content (AvgIpc) is 2.66. The molecule has 0 aliphatic carbocycles. The molecule has 0 atom stereocenters. The van der Waals surface area contributed by atoms with E-state index < -0.39 is 28.5 Å². The van der Waals surface area contributed by atoms with E-state index in [0.29, 0.717) is 11.3 Å². The molecule has 2 N–H and O–H groups in total. The Morgan fingerprint density at radius 1 is 1.11 bits per heavy atom. The molecule has 28 heavy (non-hydrogen) atoms. The van der Waals surface area contributed by atoms with Gasteiger partial charge in [0.1, 0.15) is 0 Å². The summed E-state index contributed by atoms with van der Waals surface area (Å²) in [6.07, 6.45) is 5.01. The van der Waals surface area contributed by atoms with Gasteiger partial charge in [0.25, 0.3) is 15.9 Å². The minimum absolute atomic E-state index is 0.0473. The van der Waals surface area contributed by atoms with Crippen LogP contribution < -0.4 is 10.0 Å². The molecule has 0 radical (unpaired) electrons. The number of rotatable bonds is 7. The first kappa shape index (κ1) is 21.0. The standard InChI is InChI=1S/C20H20N2O5S/c1-4-11-21-19(23)13-27-20(24)16-7-9-17(10-8-16)22-28(25,26)18-12-14(2)5-6-15(18)3/h1,5-10,12,22H,11,13H2,2-3H3,(H,21,23). The molecule has 0 saturated carbocycles. The lowest BCUT2D eigenvalue weighted by atomic mass is 10.2. The number of ether oxygens (including phenoxy) is 1. The molecule has 146 valence electrons. The summed E-state index contributed by atoms with van der Waals surface area (Å²) in [6, 6.07) is 10.9. The summed E-state index contributed by atoms with van der Waals surface area (Å²) in [6.45, 7) is 3.12. The molecule has 0 unspecified atom stereocenters. The molecule has 7 nitrogen and oxygen atoms in total. The van der Waals surface area contributed by atoms with Gasteiger partial charge in [-0.2, -0.15) is 0 Å². The highest BCUT2D eigenvalue weighted by atomic mass is 32.2. The van der Waals surface area contributed by atoms with Crippen LogP contribution >= 0.6 is 0 Å². The lowest BCUT2D eigenvalue weighted by Gasteiger charge is -2.11. The third kappa shape index (κ3) is 5.59. The Kier molecular flexibility index (Phi) is 6.79. The third-order valence-electron chi connectivity index (χ3n) is 3.73. The molecule has 0 spiro atoms. The molecule has 2 aromatic rings. The Labute approximate surface area is 164 Å². The van der Waals surface area contributed by atoms with E-state index >= 15 is 0 Å². The second-order valence-corrected chi connectivity index (χ2v) is 7.66. The number of benzene rings is 2. The van der Waals surface area contributed by atoms with Crippen molar-refractivity contribution in [1.29, 1.82) is 0 Å². The molecular formula is C20H20N2O5S. The zero-order valence-electron chi connectivity index (χ0n) is 15.5. The van der Waals surface area contributed by atoms with Crippen LogP contribution in [0.3, 0.4) is 0 Å². The highest BCUT2D eigenvalue weighted by Crippen LogP contribution is 2.21. The molecular weight excluding hydrogens is 380 g/mol. The van der Waals surface area contributed by atoms with Gasteiger partial charge in [-0.05, 0) is 55.3 Å². The number of amides is 1. The summed E-state index contributed by atoms with van der Waals surface area (Å²) in [4.78, 5) is 23.5. The van der Waals surface area contributed by atoms with Gasteiger partial charge in [0, 0.05) is 5.69 Å². The molecule has 2 aromatic carbocycles. The second-order valence-electron chi connectivity index (χ2n) is 6.01. The largest absolute Gasteiger partial charge is 0.452 e. The van der Waals surface area contributed by atoms with Crippen molar-refractivity contribution in [3.05, 3.63) is 59.2 Å². The van der Waals surface area contributed by atoms with E-state index in [0.717, 1.165) is 5.56 Å². The molecule has 0 fully saturated rings. The first-order valence-corrected chi connectivity index (χ1v) is 9.78. The fraction of sp³-hybridized carbons (Fsp3) is 0.200. The topological polar surface area (TPSA) is 102 Å². The number of nitrogens with one attached hydrogen (secondary N) is 2. The maximum Gasteiger partial charge on any atom is 0.338 e. The maximum absolute atomic E-state index is 12.6. The highest BCUT2D eigenvalue weighted by Gasteiger charge is 2.17. The van der Waals surface area contributed by atoms with Gasteiger partial charge in [-0.3, -0.25) is 9.52 Å². The fourth-order valence-corrected chi connectivity index (χ4v) is 3.69. The van der Waals surface area contributed by atoms with Gasteiger partial charge in [0.15, 0.2) is 6.61 Å². The van der Waals surface area contributed by atoms with Crippen LogP contribution in [0.2, 0.25) is 0 Å². The minimum Gasteiger partial charge on any atom is -0.452 e. The van der Waals surface area contributed by atoms with Crippen molar-refractivity contribution in [2.24, 2.45) is 0 Å². The first-order chi connectivity index (χ1) is 13.2. The lowest BCUT2D eigenvalue weighted by Crippen LogP contribution is -2.28. The Morgan fingerprint density at radius 3 is 2.43 bits per heavy atom. The van der Waals surface area contributed by atoms with Crippen LogP contribution in [-0.2, 0) is 19.6 Å². The van der Waals surface area contributed by atoms with E-state index in [-0.39, 0.29) is 17.0 Å². The van der Waals surface area contributed by atoms with Crippen molar-refractivity contribution >= 4 is 27.6 Å². The smallest absolute Gasteiger partial charge is 0.338 e. The number of esters is 1. The first-order valence-electron chi connectivity index (χ1n) is 8.30. The van der Waals surface area contributed by atoms with Crippen LogP contribution in [0, 0.1) is 26.2 Å². The number of aryl methyl sites for hydroxylation is 2. The van der Waals surface area contributed by atoms with Gasteiger partial charge in [-0.1, -0.05) is 18.1 Å². The van der Waals surface area contributed by atoms with Gasteiger partial charge in [-0.15, -0.1) is 6.42 Å².